The zero-order valence-corrected chi connectivity index (χ0v) is 18.3. The number of oxazole rings is 1. The van der Waals surface area contributed by atoms with Gasteiger partial charge in [0.1, 0.15) is 12.1 Å². The van der Waals surface area contributed by atoms with E-state index in [1.807, 2.05) is 20.8 Å². The number of β-amino-alcohol motifs (C(OH)–C–C–N with tert-alkyl or cyclic N) is 1. The largest absolute Gasteiger partial charge is 0.447 e. The summed E-state index contributed by atoms with van der Waals surface area (Å²) in [6.45, 7) is 10.6. The van der Waals surface area contributed by atoms with E-state index in [-0.39, 0.29) is 17.1 Å². The highest BCUT2D eigenvalue weighted by Crippen LogP contribution is 2.13. The average molecular weight is 435 g/mol. The van der Waals surface area contributed by atoms with Gasteiger partial charge < -0.3 is 19.6 Å². The van der Waals surface area contributed by atoms with Crippen molar-refractivity contribution in [3.63, 3.8) is 0 Å². The molecule has 1 aliphatic rings. The van der Waals surface area contributed by atoms with Crippen molar-refractivity contribution in [3.05, 3.63) is 47.9 Å². The predicted molar refractivity (Wildman–Crippen MR) is 114 cm³/mol. The number of amides is 1. The molecule has 1 atom stereocenters. The number of carbonyl (C=O) groups is 1. The van der Waals surface area contributed by atoms with Gasteiger partial charge in [-0.05, 0) is 45.0 Å². The highest BCUT2D eigenvalue weighted by molar-refractivity contribution is 6.02. The molecule has 0 spiro atoms. The standard InChI is InChI=1S/C22H31FN4O4/c1-22(2,3)31-14-18(28)12-26-8-10-27(11-9-26)13-20-25-19(15-30-20)21(29)24-17-6-4-16(23)5-7-17/h4-7,15,18,28H,8-14H2,1-3H3,(H,24,29). The Morgan fingerprint density at radius 3 is 2.52 bits per heavy atom. The first-order chi connectivity index (χ1) is 14.7. The zero-order chi connectivity index (χ0) is 22.4. The number of aliphatic hydroxyl groups is 1. The average Bonchev–Trinajstić information content (AvgIpc) is 3.18. The lowest BCUT2D eigenvalue weighted by Gasteiger charge is -2.35. The van der Waals surface area contributed by atoms with E-state index < -0.39 is 12.0 Å². The number of halogens is 1. The van der Waals surface area contributed by atoms with Crippen LogP contribution in [0.3, 0.4) is 0 Å². The molecule has 2 heterocycles. The first kappa shape index (κ1) is 23.3. The van der Waals surface area contributed by atoms with Gasteiger partial charge in [-0.2, -0.15) is 0 Å². The number of rotatable bonds is 8. The Balaban J connectivity index is 1.41. The number of anilines is 1. The van der Waals surface area contributed by atoms with Crippen LogP contribution in [0.5, 0.6) is 0 Å². The topological polar surface area (TPSA) is 91.1 Å². The van der Waals surface area contributed by atoms with Gasteiger partial charge in [-0.1, -0.05) is 0 Å². The molecule has 31 heavy (non-hydrogen) atoms. The molecule has 1 aliphatic heterocycles. The van der Waals surface area contributed by atoms with E-state index in [1.165, 1.54) is 30.5 Å². The van der Waals surface area contributed by atoms with Crippen molar-refractivity contribution in [1.82, 2.24) is 14.8 Å². The van der Waals surface area contributed by atoms with Crippen LogP contribution in [-0.4, -0.2) is 76.8 Å². The maximum atomic E-state index is 13.0. The van der Waals surface area contributed by atoms with Crippen LogP contribution in [0.2, 0.25) is 0 Å². The Hall–Kier alpha value is -2.33. The summed E-state index contributed by atoms with van der Waals surface area (Å²) in [4.78, 5) is 21.0. The molecular weight excluding hydrogens is 403 g/mol. The van der Waals surface area contributed by atoms with Gasteiger partial charge in [-0.3, -0.25) is 14.6 Å². The molecule has 1 aromatic carbocycles. The minimum Gasteiger partial charge on any atom is -0.447 e. The van der Waals surface area contributed by atoms with Crippen LogP contribution < -0.4 is 5.32 Å². The quantitative estimate of drug-likeness (QED) is 0.659. The predicted octanol–water partition coefficient (Wildman–Crippen LogP) is 2.36. The molecule has 0 bridgehead atoms. The van der Waals surface area contributed by atoms with E-state index in [4.69, 9.17) is 9.15 Å². The van der Waals surface area contributed by atoms with Crippen molar-refractivity contribution in [3.8, 4) is 0 Å². The number of nitrogens with zero attached hydrogens (tertiary/aromatic N) is 3. The van der Waals surface area contributed by atoms with Gasteiger partial charge in [-0.25, -0.2) is 9.37 Å². The summed E-state index contributed by atoms with van der Waals surface area (Å²) in [7, 11) is 0. The maximum Gasteiger partial charge on any atom is 0.277 e. The maximum absolute atomic E-state index is 13.0. The smallest absolute Gasteiger partial charge is 0.277 e. The van der Waals surface area contributed by atoms with Gasteiger partial charge in [0.05, 0.1) is 24.9 Å². The fraction of sp³-hybridized carbons (Fsp3) is 0.545. The third-order valence-electron chi connectivity index (χ3n) is 4.89. The van der Waals surface area contributed by atoms with Gasteiger partial charge >= 0.3 is 0 Å². The van der Waals surface area contributed by atoms with Gasteiger partial charge in [0.2, 0.25) is 5.89 Å². The molecule has 2 N–H and O–H groups in total. The lowest BCUT2D eigenvalue weighted by atomic mass is 10.2. The van der Waals surface area contributed by atoms with Crippen molar-refractivity contribution in [2.45, 2.75) is 39.0 Å². The Labute approximate surface area is 182 Å². The number of ether oxygens (including phenoxy) is 1. The molecule has 0 radical (unpaired) electrons. The molecule has 1 saturated heterocycles. The highest BCUT2D eigenvalue weighted by atomic mass is 19.1. The number of aliphatic hydroxyl groups excluding tert-OH is 1. The lowest BCUT2D eigenvalue weighted by Crippen LogP contribution is -2.49. The number of hydrogen-bond donors (Lipinski definition) is 2. The molecule has 170 valence electrons. The summed E-state index contributed by atoms with van der Waals surface area (Å²) < 4.78 is 24.1. The Morgan fingerprint density at radius 2 is 1.87 bits per heavy atom. The summed E-state index contributed by atoms with van der Waals surface area (Å²) >= 11 is 0. The van der Waals surface area contributed by atoms with Crippen LogP contribution in [0.4, 0.5) is 10.1 Å². The third kappa shape index (κ3) is 7.70. The fourth-order valence-electron chi connectivity index (χ4n) is 3.23. The molecule has 3 rings (SSSR count). The van der Waals surface area contributed by atoms with Gasteiger partial charge in [-0.15, -0.1) is 0 Å². The van der Waals surface area contributed by atoms with Crippen molar-refractivity contribution in [2.24, 2.45) is 0 Å². The fourth-order valence-corrected chi connectivity index (χ4v) is 3.23. The van der Waals surface area contributed by atoms with Crippen LogP contribution in [-0.2, 0) is 11.3 Å². The van der Waals surface area contributed by atoms with E-state index in [1.54, 1.807) is 0 Å². The molecule has 2 aromatic rings. The first-order valence-corrected chi connectivity index (χ1v) is 10.5. The van der Waals surface area contributed by atoms with Crippen LogP contribution in [0.25, 0.3) is 0 Å². The van der Waals surface area contributed by atoms with Crippen molar-refractivity contribution >= 4 is 11.6 Å². The lowest BCUT2D eigenvalue weighted by molar-refractivity contribution is -0.0588. The molecule has 1 unspecified atom stereocenters. The summed E-state index contributed by atoms with van der Waals surface area (Å²) in [6.07, 6.45) is 0.815. The first-order valence-electron chi connectivity index (χ1n) is 10.5. The summed E-state index contributed by atoms with van der Waals surface area (Å²) in [5.74, 6) is -0.302. The van der Waals surface area contributed by atoms with Crippen LogP contribution in [0.15, 0.2) is 34.9 Å². The normalized spacial score (nSPS) is 16.9. The second-order valence-corrected chi connectivity index (χ2v) is 8.74. The molecule has 1 amide bonds. The van der Waals surface area contributed by atoms with Crippen molar-refractivity contribution in [1.29, 1.82) is 0 Å². The number of hydrogen-bond acceptors (Lipinski definition) is 7. The second-order valence-electron chi connectivity index (χ2n) is 8.74. The summed E-state index contributed by atoms with van der Waals surface area (Å²) in [6, 6.07) is 5.53. The summed E-state index contributed by atoms with van der Waals surface area (Å²) in [5.41, 5.74) is 0.409. The van der Waals surface area contributed by atoms with E-state index >= 15 is 0 Å². The van der Waals surface area contributed by atoms with Crippen LogP contribution >= 0.6 is 0 Å². The number of piperazine rings is 1. The van der Waals surface area contributed by atoms with Crippen LogP contribution in [0, 0.1) is 5.82 Å². The molecule has 8 nitrogen and oxygen atoms in total. The van der Waals surface area contributed by atoms with E-state index in [0.717, 1.165) is 26.2 Å². The van der Waals surface area contributed by atoms with E-state index in [0.29, 0.717) is 31.3 Å². The van der Waals surface area contributed by atoms with Gasteiger partial charge in [0.25, 0.3) is 5.91 Å². The number of nitrogens with one attached hydrogen (secondary N) is 1. The summed E-state index contributed by atoms with van der Waals surface area (Å²) in [5, 5.41) is 12.8. The van der Waals surface area contributed by atoms with Crippen LogP contribution in [0.1, 0.15) is 37.2 Å². The van der Waals surface area contributed by atoms with E-state index in [9.17, 15) is 14.3 Å². The monoisotopic (exact) mass is 434 g/mol. The van der Waals surface area contributed by atoms with E-state index in [2.05, 4.69) is 20.1 Å². The Morgan fingerprint density at radius 1 is 1.23 bits per heavy atom. The number of carbonyl (C=O) groups excluding carboxylic acids is 1. The number of benzene rings is 1. The Bertz CT molecular complexity index is 842. The van der Waals surface area contributed by atoms with Gasteiger partial charge in [0, 0.05) is 38.4 Å². The molecule has 0 saturated carbocycles. The second kappa shape index (κ2) is 10.3. The van der Waals surface area contributed by atoms with Crippen molar-refractivity contribution < 1.29 is 23.4 Å². The Kier molecular flexibility index (Phi) is 7.77. The molecule has 0 aliphatic carbocycles. The zero-order valence-electron chi connectivity index (χ0n) is 18.3. The molecule has 1 aromatic heterocycles. The van der Waals surface area contributed by atoms with Crippen molar-refractivity contribution in [2.75, 3.05) is 44.6 Å². The highest BCUT2D eigenvalue weighted by Gasteiger charge is 2.22. The minimum atomic E-state index is -0.514. The number of aromatic nitrogens is 1. The SMILES string of the molecule is CC(C)(C)OCC(O)CN1CCN(Cc2nc(C(=O)Nc3ccc(F)cc3)co2)CC1. The molecule has 1 fully saturated rings. The minimum absolute atomic E-state index is 0.180. The molecular formula is C22H31FN4O4. The molecule has 9 heteroatoms. The third-order valence-corrected chi connectivity index (χ3v) is 4.89. The van der Waals surface area contributed by atoms with Gasteiger partial charge in [0.15, 0.2) is 5.69 Å².